The van der Waals surface area contributed by atoms with Crippen molar-refractivity contribution in [3.8, 4) is 5.75 Å². The fourth-order valence-corrected chi connectivity index (χ4v) is 5.25. The molecule has 1 amide bonds. The Morgan fingerprint density at radius 3 is 2.09 bits per heavy atom. The molecule has 1 saturated heterocycles. The maximum atomic E-state index is 12.4. The molecule has 242 valence electrons. The number of hydrogen-bond acceptors (Lipinski definition) is 5. The minimum atomic E-state index is -5.08. The highest BCUT2D eigenvalue weighted by Crippen LogP contribution is 2.28. The molecule has 14 heteroatoms. The van der Waals surface area contributed by atoms with Crippen molar-refractivity contribution in [2.45, 2.75) is 71.3 Å². The summed E-state index contributed by atoms with van der Waals surface area (Å²) in [5.74, 6) is -1.62. The molecule has 1 aliphatic heterocycles. The van der Waals surface area contributed by atoms with Gasteiger partial charge in [-0.05, 0) is 82.7 Å². The van der Waals surface area contributed by atoms with E-state index in [1.165, 1.54) is 0 Å². The number of aryl methyl sites for hydroxylation is 2. The number of imidazole rings is 1. The van der Waals surface area contributed by atoms with E-state index in [1.54, 1.807) is 18.2 Å². The first-order valence-corrected chi connectivity index (χ1v) is 14.9. The van der Waals surface area contributed by atoms with Crippen molar-refractivity contribution >= 4 is 46.3 Å². The van der Waals surface area contributed by atoms with E-state index in [0.717, 1.165) is 56.4 Å². The number of likely N-dealkylation sites (tertiary alicyclic amines) is 1. The molecule has 0 unspecified atom stereocenters. The normalized spacial score (nSPS) is 14.2. The smallest absolute Gasteiger partial charge is 0.490 e. The summed E-state index contributed by atoms with van der Waals surface area (Å²) in [6, 6.07) is 13.4. The monoisotopic (exact) mass is 660 g/mol. The number of hydrogen-bond donors (Lipinski definition) is 2. The van der Waals surface area contributed by atoms with Gasteiger partial charge in [0.05, 0.1) is 22.7 Å². The Labute approximate surface area is 263 Å². The van der Waals surface area contributed by atoms with E-state index in [2.05, 4.69) is 16.7 Å². The van der Waals surface area contributed by atoms with Gasteiger partial charge < -0.3 is 28.6 Å². The summed E-state index contributed by atoms with van der Waals surface area (Å²) in [6.45, 7) is 9.06. The van der Waals surface area contributed by atoms with Crippen LogP contribution in [0.2, 0.25) is 10.0 Å². The van der Waals surface area contributed by atoms with Crippen LogP contribution in [0.3, 0.4) is 0 Å². The van der Waals surface area contributed by atoms with Crippen molar-refractivity contribution in [3.05, 3.63) is 58.1 Å². The summed E-state index contributed by atoms with van der Waals surface area (Å²) in [4.78, 5) is 23.1. The van der Waals surface area contributed by atoms with Crippen LogP contribution in [0.1, 0.15) is 46.5 Å². The predicted octanol–water partition coefficient (Wildman–Crippen LogP) is 7.37. The Hall–Kier alpha value is -3.38. The van der Waals surface area contributed by atoms with Gasteiger partial charge in [-0.3, -0.25) is 5.41 Å². The number of para-hydroxylation sites is 2. The quantitative estimate of drug-likeness (QED) is 0.245. The van der Waals surface area contributed by atoms with E-state index in [9.17, 15) is 18.0 Å². The average molecular weight is 662 g/mol. The number of ether oxygens (including phenoxy) is 2. The first-order chi connectivity index (χ1) is 20.6. The third-order valence-electron chi connectivity index (χ3n) is 6.92. The second-order valence-corrected chi connectivity index (χ2v) is 12.2. The lowest BCUT2D eigenvalue weighted by atomic mass is 9.94. The van der Waals surface area contributed by atoms with Crippen molar-refractivity contribution in [3.63, 3.8) is 0 Å². The molecule has 2 heterocycles. The van der Waals surface area contributed by atoms with Crippen LogP contribution in [0, 0.1) is 11.3 Å². The molecule has 9 nitrogen and oxygen atoms in total. The van der Waals surface area contributed by atoms with Gasteiger partial charge in [0.25, 0.3) is 0 Å². The third kappa shape index (κ3) is 10.1. The number of nitrogens with one attached hydrogen (secondary N) is 1. The van der Waals surface area contributed by atoms with Gasteiger partial charge in [-0.15, -0.1) is 0 Å². The molecule has 0 saturated carbocycles. The minimum absolute atomic E-state index is 0.223. The number of aliphatic carboxylic acids is 1. The molecule has 2 N–H and O–H groups in total. The van der Waals surface area contributed by atoms with Gasteiger partial charge in [0.1, 0.15) is 11.4 Å². The number of rotatable bonds is 8. The fraction of sp³-hybridized carbons (Fsp3) is 0.500. The first-order valence-electron chi connectivity index (χ1n) is 14.2. The van der Waals surface area contributed by atoms with E-state index in [-0.39, 0.29) is 6.09 Å². The highest BCUT2D eigenvalue weighted by Gasteiger charge is 2.38. The summed E-state index contributed by atoms with van der Waals surface area (Å²) >= 11 is 12.2. The summed E-state index contributed by atoms with van der Waals surface area (Å²) in [7, 11) is 0. The first kappa shape index (κ1) is 35.1. The lowest BCUT2D eigenvalue weighted by molar-refractivity contribution is -0.192. The molecule has 1 aromatic heterocycles. The molecule has 2 aromatic carbocycles. The van der Waals surface area contributed by atoms with E-state index in [0.29, 0.717) is 40.5 Å². The summed E-state index contributed by atoms with van der Waals surface area (Å²) in [5, 5.41) is 17.1. The van der Waals surface area contributed by atoms with E-state index < -0.39 is 17.7 Å². The zero-order valence-corrected chi connectivity index (χ0v) is 26.3. The molecule has 1 fully saturated rings. The summed E-state index contributed by atoms with van der Waals surface area (Å²) in [5.41, 5.74) is 2.15. The summed E-state index contributed by atoms with van der Waals surface area (Å²) in [6.07, 6.45) is -1.68. The highest BCUT2D eigenvalue weighted by atomic mass is 35.5. The zero-order chi connectivity index (χ0) is 32.7. The predicted molar refractivity (Wildman–Crippen MR) is 161 cm³/mol. The van der Waals surface area contributed by atoms with Crippen LogP contribution in [-0.4, -0.2) is 62.7 Å². The zero-order valence-electron chi connectivity index (χ0n) is 24.8. The molecule has 1 aliphatic rings. The Bertz CT molecular complexity index is 1490. The van der Waals surface area contributed by atoms with Crippen molar-refractivity contribution < 1.29 is 37.3 Å². The number of alkyl halides is 3. The number of nitrogens with zero attached hydrogens (tertiary/aromatic N) is 3. The number of carboxylic acids is 1. The lowest BCUT2D eigenvalue weighted by Crippen LogP contribution is -2.42. The topological polar surface area (TPSA) is 110 Å². The van der Waals surface area contributed by atoms with Crippen LogP contribution in [0.4, 0.5) is 18.0 Å². The molecule has 44 heavy (non-hydrogen) atoms. The van der Waals surface area contributed by atoms with Gasteiger partial charge in [0.15, 0.2) is 0 Å². The largest absolute Gasteiger partial charge is 0.492 e. The number of carbonyl (C=O) groups is 2. The Balaban J connectivity index is 0.000000676. The molecule has 0 radical (unpaired) electrons. The van der Waals surface area contributed by atoms with Crippen molar-refractivity contribution in [2.24, 2.45) is 5.92 Å². The van der Waals surface area contributed by atoms with Crippen LogP contribution < -0.4 is 10.4 Å². The fourth-order valence-electron chi connectivity index (χ4n) is 4.79. The van der Waals surface area contributed by atoms with Gasteiger partial charge >= 0.3 is 18.2 Å². The van der Waals surface area contributed by atoms with Crippen molar-refractivity contribution in [1.29, 1.82) is 5.41 Å². The highest BCUT2D eigenvalue weighted by molar-refractivity contribution is 6.35. The third-order valence-corrected chi connectivity index (χ3v) is 7.45. The van der Waals surface area contributed by atoms with Crippen LogP contribution in [0.5, 0.6) is 5.75 Å². The molecular weight excluding hydrogens is 624 g/mol. The lowest BCUT2D eigenvalue weighted by Gasteiger charge is -2.33. The molecule has 0 atom stereocenters. The number of piperidine rings is 1. The van der Waals surface area contributed by atoms with Gasteiger partial charge in [-0.1, -0.05) is 35.3 Å². The SMILES string of the molecule is CC(C)(C)OC(=O)N1CCC(CCn2c(=N)n(CCCOc3ccc(Cl)cc3Cl)c3ccccc32)CC1.O=C(O)C(F)(F)F. The minimum Gasteiger partial charge on any atom is -0.492 e. The maximum Gasteiger partial charge on any atom is 0.490 e. The van der Waals surface area contributed by atoms with E-state index >= 15 is 0 Å². The number of amides is 1. The molecule has 0 bridgehead atoms. The number of carboxylic acid groups (broad SMARTS) is 1. The van der Waals surface area contributed by atoms with Crippen LogP contribution in [0.25, 0.3) is 11.0 Å². The number of aromatic nitrogens is 2. The van der Waals surface area contributed by atoms with Crippen LogP contribution in [-0.2, 0) is 22.6 Å². The Morgan fingerprint density at radius 1 is 1.00 bits per heavy atom. The van der Waals surface area contributed by atoms with Crippen molar-refractivity contribution in [2.75, 3.05) is 19.7 Å². The Morgan fingerprint density at radius 2 is 1.57 bits per heavy atom. The van der Waals surface area contributed by atoms with Gasteiger partial charge in [0, 0.05) is 31.2 Å². The van der Waals surface area contributed by atoms with E-state index in [4.69, 9.17) is 48.0 Å². The number of halogens is 5. The van der Waals surface area contributed by atoms with Gasteiger partial charge in [-0.2, -0.15) is 13.2 Å². The number of benzene rings is 2. The van der Waals surface area contributed by atoms with Crippen LogP contribution in [0.15, 0.2) is 42.5 Å². The van der Waals surface area contributed by atoms with Gasteiger partial charge in [-0.25, -0.2) is 9.59 Å². The molecule has 0 aliphatic carbocycles. The van der Waals surface area contributed by atoms with Crippen LogP contribution >= 0.6 is 23.2 Å². The molecule has 4 rings (SSSR count). The molecule has 0 spiro atoms. The molecule has 3 aromatic rings. The average Bonchev–Trinajstić information content (AvgIpc) is 3.20. The molecular formula is C30H37Cl2F3N4O5. The second-order valence-electron chi connectivity index (χ2n) is 11.4. The second kappa shape index (κ2) is 15.1. The number of carbonyl (C=O) groups excluding carboxylic acids is 1. The van der Waals surface area contributed by atoms with E-state index in [1.807, 2.05) is 42.4 Å². The summed E-state index contributed by atoms with van der Waals surface area (Å²) < 4.78 is 47.2. The maximum absolute atomic E-state index is 12.4. The Kier molecular flexibility index (Phi) is 12.0. The standard InChI is InChI=1S/C28H36Cl2N4O3.C2HF3O2/c1-28(2,3)37-27(35)32-15-11-20(12-16-32)13-17-34-24-8-5-4-7-23(24)33(26(34)31)14-6-18-36-25-10-9-21(29)19-22(25)30;3-2(4,5)1(6)7/h4-5,7-10,19-20,31H,6,11-18H2,1-3H3;(H,6,7). The van der Waals surface area contributed by atoms with Crippen molar-refractivity contribution in [1.82, 2.24) is 14.0 Å². The number of fused-ring (bicyclic) bond motifs is 1. The van der Waals surface area contributed by atoms with Gasteiger partial charge in [0.2, 0.25) is 5.62 Å².